The van der Waals surface area contributed by atoms with Gasteiger partial charge >= 0.3 is 0 Å². The Kier molecular flexibility index (Phi) is 5.23. The molecule has 2 nitrogen and oxygen atoms in total. The molecule has 1 saturated heterocycles. The van der Waals surface area contributed by atoms with Crippen LogP contribution in [0.2, 0.25) is 5.02 Å². The van der Waals surface area contributed by atoms with Gasteiger partial charge in [-0.25, -0.2) is 4.39 Å². The van der Waals surface area contributed by atoms with E-state index in [9.17, 15) is 9.18 Å². The van der Waals surface area contributed by atoms with E-state index in [0.29, 0.717) is 6.42 Å². The molecular weight excluding hydrogens is 333 g/mol. The molecule has 0 radical (unpaired) electrons. The normalized spacial score (nSPS) is 19.4. The molecule has 2 atom stereocenters. The molecule has 3 rings (SSSR count). The number of rotatable bonds is 4. The molecule has 1 fully saturated rings. The third-order valence-electron chi connectivity index (χ3n) is 4.00. The Hall–Kier alpha value is -1.52. The molecular formula is C18H17ClFNOS. The lowest BCUT2D eigenvalue weighted by Crippen LogP contribution is -2.32. The highest BCUT2D eigenvalue weighted by molar-refractivity contribution is 7.99. The molecule has 1 aliphatic rings. The molecule has 0 saturated carbocycles. The Morgan fingerprint density at radius 1 is 1.22 bits per heavy atom. The Balaban J connectivity index is 1.94. The number of para-hydroxylation sites is 1. The summed E-state index contributed by atoms with van der Waals surface area (Å²) >= 11 is 7.72. The monoisotopic (exact) mass is 349 g/mol. The van der Waals surface area contributed by atoms with Gasteiger partial charge in [0.25, 0.3) is 0 Å². The largest absolute Gasteiger partial charge is 0.377 e. The first kappa shape index (κ1) is 16.3. The van der Waals surface area contributed by atoms with E-state index >= 15 is 0 Å². The number of carbonyl (C=O) groups is 1. The van der Waals surface area contributed by atoms with Crippen LogP contribution in [0.5, 0.6) is 0 Å². The summed E-state index contributed by atoms with van der Waals surface area (Å²) in [5.74, 6) is 1.29. The molecule has 1 N–H and O–H groups in total. The van der Waals surface area contributed by atoms with Gasteiger partial charge in [0.1, 0.15) is 11.6 Å². The fourth-order valence-corrected chi connectivity index (χ4v) is 4.11. The van der Waals surface area contributed by atoms with Crippen LogP contribution in [0.3, 0.4) is 0 Å². The van der Waals surface area contributed by atoms with E-state index in [2.05, 4.69) is 5.32 Å². The summed E-state index contributed by atoms with van der Waals surface area (Å²) in [6.07, 6.45) is 0.581. The number of ketones is 1. The summed E-state index contributed by atoms with van der Waals surface area (Å²) in [4.78, 5) is 12.4. The zero-order chi connectivity index (χ0) is 16.2. The fourth-order valence-electron chi connectivity index (χ4n) is 2.78. The molecule has 1 heterocycles. The maximum atomic E-state index is 13.5. The third kappa shape index (κ3) is 3.88. The number of halogens is 2. The molecule has 0 aromatic heterocycles. The van der Waals surface area contributed by atoms with Gasteiger partial charge in [-0.05, 0) is 29.8 Å². The number of carbonyl (C=O) groups excluding carboxylic acids is 1. The van der Waals surface area contributed by atoms with Crippen molar-refractivity contribution in [3.63, 3.8) is 0 Å². The standard InChI is InChI=1S/C18H17ClFNOS/c19-15-10-12(6-7-16(15)20)18(14-11-23-9-8-17(14)22)21-13-4-2-1-3-5-13/h1-7,10,14,18,21H,8-9,11H2/t14-,18+/m0/s1. The lowest BCUT2D eigenvalue weighted by atomic mass is 9.89. The quantitative estimate of drug-likeness (QED) is 0.846. The van der Waals surface area contributed by atoms with E-state index in [1.165, 1.54) is 6.07 Å². The van der Waals surface area contributed by atoms with Crippen molar-refractivity contribution < 1.29 is 9.18 Å². The van der Waals surface area contributed by atoms with Crippen LogP contribution >= 0.6 is 23.4 Å². The minimum absolute atomic E-state index is 0.0817. The maximum absolute atomic E-state index is 13.5. The third-order valence-corrected chi connectivity index (χ3v) is 5.38. The highest BCUT2D eigenvalue weighted by Gasteiger charge is 2.32. The first-order valence-electron chi connectivity index (χ1n) is 7.52. The molecule has 23 heavy (non-hydrogen) atoms. The van der Waals surface area contributed by atoms with Crippen molar-refractivity contribution in [1.29, 1.82) is 0 Å². The van der Waals surface area contributed by atoms with E-state index in [1.54, 1.807) is 23.9 Å². The fraction of sp³-hybridized carbons (Fsp3) is 0.278. The predicted molar refractivity (Wildman–Crippen MR) is 94.7 cm³/mol. The van der Waals surface area contributed by atoms with Crippen LogP contribution in [0.1, 0.15) is 18.0 Å². The molecule has 0 spiro atoms. The number of thioether (sulfide) groups is 1. The second-order valence-corrected chi connectivity index (χ2v) is 7.12. The van der Waals surface area contributed by atoms with Crippen molar-refractivity contribution >= 4 is 34.8 Å². The Bertz CT molecular complexity index is 695. The van der Waals surface area contributed by atoms with Gasteiger partial charge in [-0.2, -0.15) is 11.8 Å². The van der Waals surface area contributed by atoms with Crippen molar-refractivity contribution in [3.05, 3.63) is 64.9 Å². The van der Waals surface area contributed by atoms with Crippen LogP contribution in [0.25, 0.3) is 0 Å². The SMILES string of the molecule is O=C1CCSC[C@@H]1[C@H](Nc1ccccc1)c1ccc(F)c(Cl)c1. The van der Waals surface area contributed by atoms with Gasteiger partial charge in [-0.15, -0.1) is 0 Å². The maximum Gasteiger partial charge on any atom is 0.141 e. The van der Waals surface area contributed by atoms with Crippen LogP contribution in [0.15, 0.2) is 48.5 Å². The Morgan fingerprint density at radius 2 is 2.00 bits per heavy atom. The molecule has 0 unspecified atom stereocenters. The van der Waals surface area contributed by atoms with Crippen LogP contribution in [0, 0.1) is 11.7 Å². The predicted octanol–water partition coefficient (Wildman–Crippen LogP) is 4.95. The Morgan fingerprint density at radius 3 is 2.70 bits per heavy atom. The first-order valence-corrected chi connectivity index (χ1v) is 9.05. The highest BCUT2D eigenvalue weighted by atomic mass is 35.5. The van der Waals surface area contributed by atoms with Crippen LogP contribution in [-0.2, 0) is 4.79 Å². The molecule has 1 aliphatic heterocycles. The summed E-state index contributed by atoms with van der Waals surface area (Å²) in [5, 5.41) is 3.51. The number of anilines is 1. The van der Waals surface area contributed by atoms with Crippen LogP contribution < -0.4 is 5.32 Å². The van der Waals surface area contributed by atoms with Gasteiger partial charge in [-0.1, -0.05) is 35.9 Å². The summed E-state index contributed by atoms with van der Waals surface area (Å²) in [6, 6.07) is 14.2. The summed E-state index contributed by atoms with van der Waals surface area (Å²) in [7, 11) is 0. The number of benzene rings is 2. The zero-order valence-electron chi connectivity index (χ0n) is 12.5. The van der Waals surface area contributed by atoms with Crippen molar-refractivity contribution in [1.82, 2.24) is 0 Å². The van der Waals surface area contributed by atoms with Gasteiger partial charge < -0.3 is 5.32 Å². The molecule has 2 aromatic rings. The summed E-state index contributed by atoms with van der Waals surface area (Å²) < 4.78 is 13.5. The van der Waals surface area contributed by atoms with Gasteiger partial charge in [0.2, 0.25) is 0 Å². The number of hydrogen-bond donors (Lipinski definition) is 1. The molecule has 0 aliphatic carbocycles. The minimum atomic E-state index is -0.446. The molecule has 0 amide bonds. The highest BCUT2D eigenvalue weighted by Crippen LogP contribution is 2.35. The van der Waals surface area contributed by atoms with Crippen molar-refractivity contribution in [2.24, 2.45) is 5.92 Å². The average Bonchev–Trinajstić information content (AvgIpc) is 2.57. The van der Waals surface area contributed by atoms with Crippen LogP contribution in [-0.4, -0.2) is 17.3 Å². The van der Waals surface area contributed by atoms with E-state index in [1.807, 2.05) is 30.3 Å². The van der Waals surface area contributed by atoms with Crippen molar-refractivity contribution in [2.75, 3.05) is 16.8 Å². The second-order valence-electron chi connectivity index (χ2n) is 5.56. The van der Waals surface area contributed by atoms with E-state index < -0.39 is 5.82 Å². The zero-order valence-corrected chi connectivity index (χ0v) is 14.0. The lowest BCUT2D eigenvalue weighted by molar-refractivity contribution is -0.122. The van der Waals surface area contributed by atoms with Gasteiger partial charge in [0.15, 0.2) is 0 Å². The minimum Gasteiger partial charge on any atom is -0.377 e. The topological polar surface area (TPSA) is 29.1 Å². The van der Waals surface area contributed by atoms with Gasteiger partial charge in [-0.3, -0.25) is 4.79 Å². The molecule has 5 heteroatoms. The number of hydrogen-bond acceptors (Lipinski definition) is 3. The lowest BCUT2D eigenvalue weighted by Gasteiger charge is -2.31. The second kappa shape index (κ2) is 7.37. The first-order chi connectivity index (χ1) is 11.1. The Labute approximate surface area is 144 Å². The van der Waals surface area contributed by atoms with Crippen LogP contribution in [0.4, 0.5) is 10.1 Å². The van der Waals surface area contributed by atoms with E-state index in [0.717, 1.165) is 22.8 Å². The van der Waals surface area contributed by atoms with Gasteiger partial charge in [0, 0.05) is 23.6 Å². The van der Waals surface area contributed by atoms with E-state index in [4.69, 9.17) is 11.6 Å². The molecule has 2 aromatic carbocycles. The smallest absolute Gasteiger partial charge is 0.141 e. The summed E-state index contributed by atoms with van der Waals surface area (Å²) in [5.41, 5.74) is 1.77. The van der Waals surface area contributed by atoms with Gasteiger partial charge in [0.05, 0.1) is 17.0 Å². The molecule has 120 valence electrons. The number of Topliss-reactive ketones (excluding diaryl/α,β-unsaturated/α-hetero) is 1. The van der Waals surface area contributed by atoms with E-state index in [-0.39, 0.29) is 22.8 Å². The van der Waals surface area contributed by atoms with Crippen molar-refractivity contribution in [2.45, 2.75) is 12.5 Å². The van der Waals surface area contributed by atoms with Crippen molar-refractivity contribution in [3.8, 4) is 0 Å². The average molecular weight is 350 g/mol. The summed E-state index contributed by atoms with van der Waals surface area (Å²) in [6.45, 7) is 0. The molecule has 0 bridgehead atoms. The number of nitrogens with one attached hydrogen (secondary N) is 1.